The Bertz CT molecular complexity index is 422. The fraction of sp³-hybridized carbons (Fsp3) is 0.941. The van der Waals surface area contributed by atoms with Crippen LogP contribution in [0.5, 0.6) is 0 Å². The van der Waals surface area contributed by atoms with Gasteiger partial charge in [-0.05, 0) is 13.5 Å². The molecule has 3 fully saturated rings. The van der Waals surface area contributed by atoms with Gasteiger partial charge < -0.3 is 19.6 Å². The van der Waals surface area contributed by atoms with Gasteiger partial charge in [0.25, 0.3) is 0 Å². The van der Waals surface area contributed by atoms with E-state index in [1.165, 1.54) is 0 Å². The second-order valence-electron chi connectivity index (χ2n) is 7.57. The molecule has 24 heavy (non-hydrogen) atoms. The molecule has 1 atom stereocenters. The maximum Gasteiger partial charge on any atom is 0.223 e. The zero-order chi connectivity index (χ0) is 17.0. The van der Waals surface area contributed by atoms with Crippen LogP contribution in [0.3, 0.4) is 0 Å². The standard InChI is InChI=1S/C17H32N4O3/c1-18-6-8-20(9-7-18)14-17(23)3-5-21(15-17)16(22)2-4-19-10-12-24-13-11-19/h23H,2-15H2,1H3/t17-/m1/s1. The van der Waals surface area contributed by atoms with E-state index in [2.05, 4.69) is 21.7 Å². The van der Waals surface area contributed by atoms with Crippen LogP contribution in [0, 0.1) is 0 Å². The van der Waals surface area contributed by atoms with Gasteiger partial charge in [-0.15, -0.1) is 0 Å². The Labute approximate surface area is 145 Å². The van der Waals surface area contributed by atoms with E-state index in [9.17, 15) is 9.90 Å². The molecule has 0 aliphatic carbocycles. The first-order valence-corrected chi connectivity index (χ1v) is 9.25. The minimum atomic E-state index is -0.732. The lowest BCUT2D eigenvalue weighted by Gasteiger charge is -2.36. The summed E-state index contributed by atoms with van der Waals surface area (Å²) in [5.74, 6) is 0.177. The Kier molecular flexibility index (Phi) is 6.10. The van der Waals surface area contributed by atoms with Crippen LogP contribution in [0.25, 0.3) is 0 Å². The van der Waals surface area contributed by atoms with E-state index in [4.69, 9.17) is 4.74 Å². The first-order chi connectivity index (χ1) is 11.5. The summed E-state index contributed by atoms with van der Waals surface area (Å²) in [5.41, 5.74) is -0.732. The lowest BCUT2D eigenvalue weighted by molar-refractivity contribution is -0.132. The monoisotopic (exact) mass is 340 g/mol. The number of likely N-dealkylation sites (tertiary alicyclic amines) is 1. The number of piperazine rings is 1. The van der Waals surface area contributed by atoms with Crippen molar-refractivity contribution < 1.29 is 14.6 Å². The third-order valence-corrected chi connectivity index (χ3v) is 5.54. The molecule has 3 aliphatic heterocycles. The number of carbonyl (C=O) groups is 1. The molecule has 0 aromatic carbocycles. The number of amides is 1. The number of aliphatic hydroxyl groups is 1. The summed E-state index contributed by atoms with van der Waals surface area (Å²) in [7, 11) is 2.14. The minimum absolute atomic E-state index is 0.177. The molecule has 3 rings (SSSR count). The molecule has 3 saturated heterocycles. The van der Waals surface area contributed by atoms with Gasteiger partial charge in [-0.3, -0.25) is 14.6 Å². The first kappa shape index (κ1) is 18.1. The topological polar surface area (TPSA) is 59.5 Å². The maximum atomic E-state index is 12.4. The second kappa shape index (κ2) is 8.10. The Morgan fingerprint density at radius 3 is 2.46 bits per heavy atom. The number of rotatable bonds is 5. The molecule has 0 aromatic rings. The highest BCUT2D eigenvalue weighted by Crippen LogP contribution is 2.23. The Hall–Kier alpha value is -0.730. The SMILES string of the molecule is CN1CCN(C[C@]2(O)CCN(C(=O)CCN3CCOCC3)C2)CC1. The molecule has 0 radical (unpaired) electrons. The smallest absolute Gasteiger partial charge is 0.223 e. The van der Waals surface area contributed by atoms with E-state index in [-0.39, 0.29) is 5.91 Å². The Balaban J connectivity index is 1.41. The lowest BCUT2D eigenvalue weighted by atomic mass is 10.0. The molecule has 3 heterocycles. The van der Waals surface area contributed by atoms with Crippen LogP contribution in [-0.2, 0) is 9.53 Å². The van der Waals surface area contributed by atoms with Crippen molar-refractivity contribution in [2.75, 3.05) is 85.7 Å². The number of hydrogen-bond acceptors (Lipinski definition) is 6. The number of hydrogen-bond donors (Lipinski definition) is 1. The molecule has 3 aliphatic rings. The number of β-amino-alcohol motifs (C(OH)–C–C–N with tert-alkyl or cyclic N) is 1. The van der Waals surface area contributed by atoms with Crippen molar-refractivity contribution in [1.29, 1.82) is 0 Å². The fourth-order valence-corrected chi connectivity index (χ4v) is 3.86. The van der Waals surface area contributed by atoms with Crippen LogP contribution in [0.1, 0.15) is 12.8 Å². The van der Waals surface area contributed by atoms with Gasteiger partial charge in [0.05, 0.1) is 25.4 Å². The van der Waals surface area contributed by atoms with Gasteiger partial charge >= 0.3 is 0 Å². The lowest BCUT2D eigenvalue weighted by Crippen LogP contribution is -2.52. The van der Waals surface area contributed by atoms with Gasteiger partial charge in [-0.2, -0.15) is 0 Å². The molecular weight excluding hydrogens is 308 g/mol. The van der Waals surface area contributed by atoms with E-state index >= 15 is 0 Å². The summed E-state index contributed by atoms with van der Waals surface area (Å²) in [5, 5.41) is 10.9. The van der Waals surface area contributed by atoms with Crippen molar-refractivity contribution in [2.45, 2.75) is 18.4 Å². The molecule has 0 unspecified atom stereocenters. The van der Waals surface area contributed by atoms with E-state index < -0.39 is 5.60 Å². The van der Waals surface area contributed by atoms with Gasteiger partial charge in [0.2, 0.25) is 5.91 Å². The number of likely N-dealkylation sites (N-methyl/N-ethyl adjacent to an activating group) is 1. The highest BCUT2D eigenvalue weighted by atomic mass is 16.5. The quantitative estimate of drug-likeness (QED) is 0.687. The molecular formula is C17H32N4O3. The van der Waals surface area contributed by atoms with Gasteiger partial charge in [0, 0.05) is 65.3 Å². The largest absolute Gasteiger partial charge is 0.387 e. The summed E-state index contributed by atoms with van der Waals surface area (Å²) in [6.07, 6.45) is 1.24. The molecule has 0 aromatic heterocycles. The third-order valence-electron chi connectivity index (χ3n) is 5.54. The van der Waals surface area contributed by atoms with Crippen molar-refractivity contribution >= 4 is 5.91 Å². The van der Waals surface area contributed by atoms with E-state index in [1.807, 2.05) is 4.90 Å². The van der Waals surface area contributed by atoms with Crippen LogP contribution >= 0.6 is 0 Å². The predicted molar refractivity (Wildman–Crippen MR) is 92.0 cm³/mol. The highest BCUT2D eigenvalue weighted by molar-refractivity contribution is 5.76. The molecule has 7 heteroatoms. The zero-order valence-electron chi connectivity index (χ0n) is 15.0. The van der Waals surface area contributed by atoms with Crippen molar-refractivity contribution in [1.82, 2.24) is 19.6 Å². The zero-order valence-corrected chi connectivity index (χ0v) is 15.0. The molecule has 138 valence electrons. The highest BCUT2D eigenvalue weighted by Gasteiger charge is 2.39. The number of ether oxygens (including phenoxy) is 1. The average molecular weight is 340 g/mol. The van der Waals surface area contributed by atoms with Gasteiger partial charge in [0.15, 0.2) is 0 Å². The van der Waals surface area contributed by atoms with Crippen molar-refractivity contribution in [3.63, 3.8) is 0 Å². The number of morpholine rings is 1. The molecule has 1 amide bonds. The maximum absolute atomic E-state index is 12.4. The summed E-state index contributed by atoms with van der Waals surface area (Å²) < 4.78 is 5.33. The van der Waals surface area contributed by atoms with Crippen LogP contribution in [0.15, 0.2) is 0 Å². The van der Waals surface area contributed by atoms with Gasteiger partial charge in [-0.25, -0.2) is 0 Å². The van der Waals surface area contributed by atoms with Crippen LogP contribution in [-0.4, -0.2) is 122 Å². The summed E-state index contributed by atoms with van der Waals surface area (Å²) in [6.45, 7) is 10.1. The summed E-state index contributed by atoms with van der Waals surface area (Å²) in [6, 6.07) is 0. The number of nitrogens with zero attached hydrogens (tertiary/aromatic N) is 4. The van der Waals surface area contributed by atoms with Crippen molar-refractivity contribution in [3.8, 4) is 0 Å². The minimum Gasteiger partial charge on any atom is -0.387 e. The Morgan fingerprint density at radius 1 is 1.04 bits per heavy atom. The summed E-state index contributed by atoms with van der Waals surface area (Å²) in [4.78, 5) is 21.2. The van der Waals surface area contributed by atoms with Crippen molar-refractivity contribution in [3.05, 3.63) is 0 Å². The van der Waals surface area contributed by atoms with Crippen LogP contribution in [0.4, 0.5) is 0 Å². The van der Waals surface area contributed by atoms with Crippen LogP contribution in [0.2, 0.25) is 0 Å². The van der Waals surface area contributed by atoms with E-state index in [1.54, 1.807) is 0 Å². The molecule has 0 bridgehead atoms. The van der Waals surface area contributed by atoms with E-state index in [0.717, 1.165) is 59.0 Å². The fourth-order valence-electron chi connectivity index (χ4n) is 3.86. The molecule has 1 N–H and O–H groups in total. The molecule has 0 spiro atoms. The second-order valence-corrected chi connectivity index (χ2v) is 7.57. The van der Waals surface area contributed by atoms with E-state index in [0.29, 0.717) is 32.5 Å². The normalized spacial score (nSPS) is 30.8. The average Bonchev–Trinajstić information content (AvgIpc) is 2.98. The van der Waals surface area contributed by atoms with Crippen molar-refractivity contribution in [2.24, 2.45) is 0 Å². The Morgan fingerprint density at radius 2 is 1.75 bits per heavy atom. The third kappa shape index (κ3) is 4.89. The summed E-state index contributed by atoms with van der Waals surface area (Å²) >= 11 is 0. The molecule has 0 saturated carbocycles. The first-order valence-electron chi connectivity index (χ1n) is 9.25. The van der Waals surface area contributed by atoms with Crippen LogP contribution < -0.4 is 0 Å². The van der Waals surface area contributed by atoms with Gasteiger partial charge in [0.1, 0.15) is 0 Å². The van der Waals surface area contributed by atoms with Gasteiger partial charge in [-0.1, -0.05) is 0 Å². The predicted octanol–water partition coefficient (Wildman–Crippen LogP) is -1.08. The molecule has 7 nitrogen and oxygen atoms in total. The number of carbonyl (C=O) groups excluding carboxylic acids is 1.